The summed E-state index contributed by atoms with van der Waals surface area (Å²) < 4.78 is 4.90. The smallest absolute Gasteiger partial charge is 0.0541 e. The Morgan fingerprint density at radius 3 is 0.917 bits per heavy atom. The molecular weight excluding hydrogens is 725 g/mol. The van der Waals surface area contributed by atoms with Gasteiger partial charge in [0.15, 0.2) is 0 Å². The molecule has 0 amide bonds. The lowest BCUT2D eigenvalue weighted by atomic mass is 9.83. The van der Waals surface area contributed by atoms with Crippen molar-refractivity contribution in [2.24, 2.45) is 0 Å². The van der Waals surface area contributed by atoms with E-state index in [1.54, 1.807) is 0 Å². The molecule has 13 rings (SSSR count). The fraction of sp³-hybridized carbons (Fsp3) is 0. The van der Waals surface area contributed by atoms with Crippen molar-refractivity contribution in [3.8, 4) is 33.6 Å². The minimum absolute atomic E-state index is 1.14. The summed E-state index contributed by atoms with van der Waals surface area (Å²) >= 11 is 0. The van der Waals surface area contributed by atoms with Crippen molar-refractivity contribution in [2.75, 3.05) is 0 Å². The first kappa shape index (κ1) is 33.1. The highest BCUT2D eigenvalue weighted by atomic mass is 15.0. The van der Waals surface area contributed by atoms with Crippen molar-refractivity contribution < 1.29 is 0 Å². The van der Waals surface area contributed by atoms with Crippen LogP contribution in [0, 0.1) is 0 Å². The molecule has 0 saturated heterocycles. The lowest BCUT2D eigenvalue weighted by Crippen LogP contribution is -1.98. The highest BCUT2D eigenvalue weighted by Gasteiger charge is 2.22. The second-order valence-corrected chi connectivity index (χ2v) is 16.0. The largest absolute Gasteiger partial charge is 0.309 e. The molecule has 2 heteroatoms. The molecule has 2 nitrogen and oxygen atoms in total. The third-order valence-electron chi connectivity index (χ3n) is 12.9. The van der Waals surface area contributed by atoms with Crippen molar-refractivity contribution in [1.82, 2.24) is 9.13 Å². The van der Waals surface area contributed by atoms with Gasteiger partial charge in [-0.2, -0.15) is 0 Å². The molecule has 0 bridgehead atoms. The zero-order valence-electron chi connectivity index (χ0n) is 32.7. The maximum atomic E-state index is 2.46. The summed E-state index contributed by atoms with van der Waals surface area (Å²) in [6.07, 6.45) is 0. The molecule has 0 saturated carbocycles. The molecular formula is C58H36N2. The van der Waals surface area contributed by atoms with Crippen LogP contribution >= 0.6 is 0 Å². The number of hydrogen-bond acceptors (Lipinski definition) is 0. The molecule has 13 aromatic rings. The molecule has 278 valence electrons. The van der Waals surface area contributed by atoms with E-state index in [1.165, 1.54) is 109 Å². The SMILES string of the molecule is c1ccc2c(-c3c4ccc(-n5c6ccccc6c6ccccc65)cc4c(-c4cccc5ccccc45)c4ccc(-n5c6ccccc6c6ccccc65)cc34)cccc2c1. The highest BCUT2D eigenvalue weighted by Crippen LogP contribution is 2.48. The fourth-order valence-corrected chi connectivity index (χ4v) is 10.4. The van der Waals surface area contributed by atoms with Gasteiger partial charge in [-0.25, -0.2) is 0 Å². The Kier molecular flexibility index (Phi) is 7.05. The topological polar surface area (TPSA) is 9.86 Å². The predicted molar refractivity (Wildman–Crippen MR) is 256 cm³/mol. The monoisotopic (exact) mass is 760 g/mol. The van der Waals surface area contributed by atoms with Gasteiger partial charge in [-0.05, 0) is 114 Å². The number of para-hydroxylation sites is 4. The van der Waals surface area contributed by atoms with Crippen molar-refractivity contribution >= 4 is 86.7 Å². The van der Waals surface area contributed by atoms with Gasteiger partial charge in [0, 0.05) is 32.9 Å². The van der Waals surface area contributed by atoms with E-state index in [2.05, 4.69) is 228 Å². The second kappa shape index (κ2) is 12.8. The molecule has 0 radical (unpaired) electrons. The predicted octanol–water partition coefficient (Wildman–Crippen LogP) is 15.8. The molecule has 0 spiro atoms. The van der Waals surface area contributed by atoms with Gasteiger partial charge in [0.2, 0.25) is 0 Å². The number of fused-ring (bicyclic) bond motifs is 10. The minimum atomic E-state index is 1.14. The Bertz CT molecular complexity index is 3520. The van der Waals surface area contributed by atoms with Crippen LogP contribution in [0.15, 0.2) is 218 Å². The zero-order chi connectivity index (χ0) is 39.3. The van der Waals surface area contributed by atoms with E-state index in [9.17, 15) is 0 Å². The molecule has 2 aromatic heterocycles. The molecule has 60 heavy (non-hydrogen) atoms. The second-order valence-electron chi connectivity index (χ2n) is 16.0. The van der Waals surface area contributed by atoms with Crippen LogP contribution in [-0.2, 0) is 0 Å². The summed E-state index contributed by atoms with van der Waals surface area (Å²) in [4.78, 5) is 0. The minimum Gasteiger partial charge on any atom is -0.309 e. The Hall–Kier alpha value is -7.94. The Morgan fingerprint density at radius 1 is 0.217 bits per heavy atom. The first-order valence-electron chi connectivity index (χ1n) is 20.8. The average molecular weight is 761 g/mol. The summed E-state index contributed by atoms with van der Waals surface area (Å²) in [5, 5.41) is 14.9. The molecule has 11 aromatic carbocycles. The van der Waals surface area contributed by atoms with Gasteiger partial charge >= 0.3 is 0 Å². The van der Waals surface area contributed by atoms with Gasteiger partial charge in [0.05, 0.1) is 22.1 Å². The number of aromatic nitrogens is 2. The summed E-state index contributed by atoms with van der Waals surface area (Å²) in [6, 6.07) is 80.8. The molecule has 2 heterocycles. The Morgan fingerprint density at radius 2 is 0.533 bits per heavy atom. The lowest BCUT2D eigenvalue weighted by Gasteiger charge is -2.22. The van der Waals surface area contributed by atoms with Gasteiger partial charge in [-0.1, -0.05) is 170 Å². The van der Waals surface area contributed by atoms with E-state index in [1.807, 2.05) is 0 Å². The average Bonchev–Trinajstić information content (AvgIpc) is 3.83. The van der Waals surface area contributed by atoms with Crippen LogP contribution in [-0.4, -0.2) is 9.13 Å². The van der Waals surface area contributed by atoms with Crippen molar-refractivity contribution in [3.63, 3.8) is 0 Å². The van der Waals surface area contributed by atoms with Gasteiger partial charge in [-0.3, -0.25) is 0 Å². The third-order valence-corrected chi connectivity index (χ3v) is 12.9. The van der Waals surface area contributed by atoms with Gasteiger partial charge in [0.1, 0.15) is 0 Å². The van der Waals surface area contributed by atoms with Gasteiger partial charge in [-0.15, -0.1) is 0 Å². The normalized spacial score (nSPS) is 12.0. The van der Waals surface area contributed by atoms with E-state index in [0.29, 0.717) is 0 Å². The molecule has 0 N–H and O–H groups in total. The Labute approximate surface area is 346 Å². The van der Waals surface area contributed by atoms with Crippen molar-refractivity contribution in [3.05, 3.63) is 218 Å². The molecule has 0 atom stereocenters. The number of hydrogen-bond donors (Lipinski definition) is 0. The van der Waals surface area contributed by atoms with Crippen LogP contribution in [0.25, 0.3) is 120 Å². The highest BCUT2D eigenvalue weighted by molar-refractivity contribution is 6.26. The first-order valence-corrected chi connectivity index (χ1v) is 20.8. The Balaban J connectivity index is 1.23. The first-order chi connectivity index (χ1) is 29.8. The van der Waals surface area contributed by atoms with Gasteiger partial charge in [0.25, 0.3) is 0 Å². The molecule has 0 aliphatic heterocycles. The van der Waals surface area contributed by atoms with Crippen LogP contribution in [0.1, 0.15) is 0 Å². The van der Waals surface area contributed by atoms with Crippen molar-refractivity contribution in [2.45, 2.75) is 0 Å². The summed E-state index contributed by atoms with van der Waals surface area (Å²) in [5.74, 6) is 0. The van der Waals surface area contributed by atoms with Crippen LogP contribution in [0.2, 0.25) is 0 Å². The van der Waals surface area contributed by atoms with E-state index in [4.69, 9.17) is 0 Å². The molecule has 0 fully saturated rings. The van der Waals surface area contributed by atoms with Gasteiger partial charge < -0.3 is 9.13 Å². The third kappa shape index (κ3) is 4.70. The van der Waals surface area contributed by atoms with Crippen molar-refractivity contribution in [1.29, 1.82) is 0 Å². The molecule has 0 aliphatic rings. The fourth-order valence-electron chi connectivity index (χ4n) is 10.4. The maximum absolute atomic E-state index is 2.46. The standard InChI is InChI=1S/C58H36N2/c1-3-19-41-37(15-1)17-13-25-47(41)57-49-33-31-40(60-55-29-11-7-23-45(55)46-24-8-12-30-56(46)60)36-52(49)58(48-26-14-18-38-16-2-4-20-42(38)48)50-34-32-39(35-51(50)57)59-53-27-9-5-21-43(53)44-22-6-10-28-54(44)59/h1-36H. The van der Waals surface area contributed by atoms with E-state index in [0.717, 1.165) is 11.4 Å². The summed E-state index contributed by atoms with van der Waals surface area (Å²) in [6.45, 7) is 0. The quantitative estimate of drug-likeness (QED) is 0.158. The van der Waals surface area contributed by atoms with Crippen LogP contribution in [0.3, 0.4) is 0 Å². The zero-order valence-corrected chi connectivity index (χ0v) is 32.7. The van der Waals surface area contributed by atoms with Crippen LogP contribution in [0.4, 0.5) is 0 Å². The molecule has 0 aliphatic carbocycles. The molecule has 0 unspecified atom stereocenters. The van der Waals surface area contributed by atoms with E-state index < -0.39 is 0 Å². The van der Waals surface area contributed by atoms with E-state index >= 15 is 0 Å². The number of benzene rings is 11. The number of rotatable bonds is 4. The summed E-state index contributed by atoms with van der Waals surface area (Å²) in [7, 11) is 0. The maximum Gasteiger partial charge on any atom is 0.0541 e. The number of nitrogens with zero attached hydrogens (tertiary/aromatic N) is 2. The van der Waals surface area contributed by atoms with Crippen LogP contribution < -0.4 is 0 Å². The van der Waals surface area contributed by atoms with Crippen LogP contribution in [0.5, 0.6) is 0 Å². The van der Waals surface area contributed by atoms with E-state index in [-0.39, 0.29) is 0 Å². The summed E-state index contributed by atoms with van der Waals surface area (Å²) in [5.41, 5.74) is 12.1. The lowest BCUT2D eigenvalue weighted by molar-refractivity contribution is 1.18.